The second kappa shape index (κ2) is 9.66. The molecule has 2 aromatic rings. The molecule has 30 heavy (non-hydrogen) atoms. The molecule has 0 saturated heterocycles. The molecule has 10 heteroatoms. The van der Waals surface area contributed by atoms with Crippen LogP contribution in [0.2, 0.25) is 5.02 Å². The second-order valence-electron chi connectivity index (χ2n) is 6.39. The first-order valence-electron chi connectivity index (χ1n) is 9.00. The molecule has 3 amide bonds. The third kappa shape index (κ3) is 5.89. The van der Waals surface area contributed by atoms with Gasteiger partial charge in [0.15, 0.2) is 0 Å². The zero-order chi connectivity index (χ0) is 21.5. The van der Waals surface area contributed by atoms with E-state index in [0.29, 0.717) is 22.0 Å². The van der Waals surface area contributed by atoms with Gasteiger partial charge in [-0.2, -0.15) is 5.10 Å². The lowest BCUT2D eigenvalue weighted by Crippen LogP contribution is -2.35. The first-order chi connectivity index (χ1) is 14.4. The number of carbonyl (C=O) groups is 3. The Hall–Kier alpha value is -3.72. The van der Waals surface area contributed by atoms with E-state index in [1.54, 1.807) is 42.5 Å². The van der Waals surface area contributed by atoms with Gasteiger partial charge in [-0.25, -0.2) is 10.4 Å². The monoisotopic (exact) mass is 426 g/mol. The van der Waals surface area contributed by atoms with Crippen LogP contribution in [0.15, 0.2) is 58.6 Å². The Morgan fingerprint density at radius 1 is 1.17 bits per heavy atom. The summed E-state index contributed by atoms with van der Waals surface area (Å²) in [5.74, 6) is -0.867. The third-order valence-electron chi connectivity index (χ3n) is 3.95. The van der Waals surface area contributed by atoms with Crippen LogP contribution in [0.1, 0.15) is 18.9 Å². The van der Waals surface area contributed by atoms with Crippen molar-refractivity contribution in [3.8, 4) is 0 Å². The molecule has 4 N–H and O–H groups in total. The van der Waals surface area contributed by atoms with Gasteiger partial charge in [0.1, 0.15) is 6.04 Å². The smallest absolute Gasteiger partial charge is 0.252 e. The Labute approximate surface area is 177 Å². The van der Waals surface area contributed by atoms with E-state index in [0.717, 1.165) is 0 Å². The van der Waals surface area contributed by atoms with Gasteiger partial charge in [-0.05, 0) is 24.3 Å². The minimum absolute atomic E-state index is 0.143. The van der Waals surface area contributed by atoms with E-state index < -0.39 is 11.9 Å². The highest BCUT2D eigenvalue weighted by atomic mass is 35.5. The number of carbonyl (C=O) groups excluding carboxylic acids is 3. The lowest BCUT2D eigenvalue weighted by Gasteiger charge is -2.09. The van der Waals surface area contributed by atoms with Crippen LogP contribution in [0.3, 0.4) is 0 Å². The molecule has 1 aliphatic rings. The van der Waals surface area contributed by atoms with Crippen LogP contribution >= 0.6 is 11.6 Å². The molecule has 1 aliphatic heterocycles. The van der Waals surface area contributed by atoms with Crippen molar-refractivity contribution >= 4 is 52.9 Å². The molecular weight excluding hydrogens is 408 g/mol. The van der Waals surface area contributed by atoms with Gasteiger partial charge in [-0.15, -0.1) is 0 Å². The Balaban J connectivity index is 1.55. The molecule has 0 fully saturated rings. The molecule has 154 valence electrons. The van der Waals surface area contributed by atoms with Crippen molar-refractivity contribution in [2.24, 2.45) is 10.1 Å². The number of nitrogens with one attached hydrogen (secondary N) is 4. The summed E-state index contributed by atoms with van der Waals surface area (Å²) in [6, 6.07) is 13.0. The van der Waals surface area contributed by atoms with E-state index in [1.807, 2.05) is 6.07 Å². The normalized spacial score (nSPS) is 15.5. The van der Waals surface area contributed by atoms with Crippen molar-refractivity contribution in [2.75, 3.05) is 10.6 Å². The van der Waals surface area contributed by atoms with Gasteiger partial charge in [0.05, 0.1) is 12.6 Å². The van der Waals surface area contributed by atoms with E-state index in [-0.39, 0.29) is 24.2 Å². The number of anilines is 2. The topological polar surface area (TPSA) is 124 Å². The fraction of sp³-hybridized carbons (Fsp3) is 0.150. The Morgan fingerprint density at radius 2 is 1.90 bits per heavy atom. The molecule has 1 atom stereocenters. The van der Waals surface area contributed by atoms with Gasteiger partial charge in [-0.3, -0.25) is 19.7 Å². The van der Waals surface area contributed by atoms with Crippen molar-refractivity contribution in [2.45, 2.75) is 19.4 Å². The van der Waals surface area contributed by atoms with Gasteiger partial charge in [-0.1, -0.05) is 35.9 Å². The summed E-state index contributed by atoms with van der Waals surface area (Å²) >= 11 is 6.04. The number of nitrogens with zero attached hydrogens (tertiary/aromatic N) is 2. The molecule has 0 radical (unpaired) electrons. The minimum atomic E-state index is -0.874. The zero-order valence-electron chi connectivity index (χ0n) is 16.0. The van der Waals surface area contributed by atoms with E-state index in [9.17, 15) is 14.4 Å². The van der Waals surface area contributed by atoms with Crippen molar-refractivity contribution in [1.29, 1.82) is 0 Å². The number of hydrogen-bond donors (Lipinski definition) is 4. The van der Waals surface area contributed by atoms with Gasteiger partial charge >= 0.3 is 0 Å². The standard InChI is InChI=1S/C20H19ClN6O3/c1-12(28)23-14-6-4-7-15(9-14)24-18(29)10-17-19(30)26-20(25-17)27-22-11-13-5-2-3-8-16(13)21/h2-9,11,17H,10H2,1H3,(H,23,28)(H,24,29)(H2,25,26,27,30)/b22-11-/t17-/m1/s1. The number of hydrogen-bond acceptors (Lipinski definition) is 6. The maximum atomic E-state index is 12.3. The summed E-state index contributed by atoms with van der Waals surface area (Å²) in [7, 11) is 0. The van der Waals surface area contributed by atoms with E-state index >= 15 is 0 Å². The van der Waals surface area contributed by atoms with Crippen LogP contribution in [-0.4, -0.2) is 35.9 Å². The average molecular weight is 427 g/mol. The Kier molecular flexibility index (Phi) is 6.76. The third-order valence-corrected chi connectivity index (χ3v) is 4.30. The fourth-order valence-electron chi connectivity index (χ4n) is 2.65. The summed E-state index contributed by atoms with van der Waals surface area (Å²) in [5, 5.41) is 12.4. The number of rotatable bonds is 6. The molecule has 9 nitrogen and oxygen atoms in total. The Morgan fingerprint density at radius 3 is 2.63 bits per heavy atom. The largest absolute Gasteiger partial charge is 0.326 e. The summed E-state index contributed by atoms with van der Waals surface area (Å²) in [6.07, 6.45) is 1.36. The predicted octanol–water partition coefficient (Wildman–Crippen LogP) is 2.11. The SMILES string of the molecule is CC(=O)Nc1cccc(NC(=O)C[C@H]2N=C(N/N=C\c3ccccc3Cl)NC2=O)c1. The van der Waals surface area contributed by atoms with Crippen LogP contribution in [0, 0.1) is 0 Å². The van der Waals surface area contributed by atoms with Crippen LogP contribution in [0.5, 0.6) is 0 Å². The maximum Gasteiger partial charge on any atom is 0.252 e. The summed E-state index contributed by atoms with van der Waals surface area (Å²) < 4.78 is 0. The van der Waals surface area contributed by atoms with Crippen molar-refractivity contribution in [1.82, 2.24) is 10.7 Å². The summed E-state index contributed by atoms with van der Waals surface area (Å²) in [5.41, 5.74) is 4.38. The summed E-state index contributed by atoms with van der Waals surface area (Å²) in [4.78, 5) is 39.6. The first kappa shape index (κ1) is 21.0. The highest BCUT2D eigenvalue weighted by Crippen LogP contribution is 2.16. The van der Waals surface area contributed by atoms with Gasteiger partial charge in [0, 0.05) is 28.9 Å². The number of benzene rings is 2. The zero-order valence-corrected chi connectivity index (χ0v) is 16.7. The number of halogens is 1. The van der Waals surface area contributed by atoms with Crippen LogP contribution in [0.4, 0.5) is 11.4 Å². The number of aliphatic imine (C=N–C) groups is 1. The second-order valence-corrected chi connectivity index (χ2v) is 6.80. The molecule has 3 rings (SSSR count). The van der Waals surface area contributed by atoms with Gasteiger partial charge < -0.3 is 10.6 Å². The lowest BCUT2D eigenvalue weighted by atomic mass is 10.2. The molecule has 1 heterocycles. The fourth-order valence-corrected chi connectivity index (χ4v) is 2.83. The molecule has 0 saturated carbocycles. The molecule has 0 bridgehead atoms. The quantitative estimate of drug-likeness (QED) is 0.417. The predicted molar refractivity (Wildman–Crippen MR) is 116 cm³/mol. The van der Waals surface area contributed by atoms with E-state index in [4.69, 9.17) is 11.6 Å². The highest BCUT2D eigenvalue weighted by Gasteiger charge is 2.28. The molecule has 2 aromatic carbocycles. The van der Waals surface area contributed by atoms with Crippen molar-refractivity contribution < 1.29 is 14.4 Å². The Bertz CT molecular complexity index is 1040. The van der Waals surface area contributed by atoms with E-state index in [1.165, 1.54) is 13.1 Å². The number of guanidine groups is 1. The molecule has 0 unspecified atom stereocenters. The highest BCUT2D eigenvalue weighted by molar-refractivity contribution is 6.33. The average Bonchev–Trinajstić information content (AvgIpc) is 3.02. The van der Waals surface area contributed by atoms with E-state index in [2.05, 4.69) is 31.5 Å². The van der Waals surface area contributed by atoms with Gasteiger partial charge in [0.25, 0.3) is 5.91 Å². The number of hydrazone groups is 1. The molecule has 0 aliphatic carbocycles. The number of amides is 3. The van der Waals surface area contributed by atoms with Crippen molar-refractivity contribution in [3.05, 3.63) is 59.1 Å². The lowest BCUT2D eigenvalue weighted by molar-refractivity contribution is -0.123. The van der Waals surface area contributed by atoms with Crippen molar-refractivity contribution in [3.63, 3.8) is 0 Å². The minimum Gasteiger partial charge on any atom is -0.326 e. The van der Waals surface area contributed by atoms with Crippen LogP contribution in [-0.2, 0) is 14.4 Å². The molecular formula is C20H19ClN6O3. The maximum absolute atomic E-state index is 12.3. The van der Waals surface area contributed by atoms with Crippen LogP contribution < -0.4 is 21.4 Å². The first-order valence-corrected chi connectivity index (χ1v) is 9.38. The van der Waals surface area contributed by atoms with Crippen LogP contribution in [0.25, 0.3) is 0 Å². The van der Waals surface area contributed by atoms with Gasteiger partial charge in [0.2, 0.25) is 17.8 Å². The molecule has 0 aromatic heterocycles. The summed E-state index contributed by atoms with van der Waals surface area (Å²) in [6.45, 7) is 1.39. The molecule has 0 spiro atoms.